The third-order valence-corrected chi connectivity index (χ3v) is 3.44. The van der Waals surface area contributed by atoms with Gasteiger partial charge in [-0.15, -0.1) is 0 Å². The molecular weight excluding hydrogens is 168 g/mol. The molecule has 0 saturated heterocycles. The fraction of sp³-hybridized carbons (Fsp3) is 0.286. The summed E-state index contributed by atoms with van der Waals surface area (Å²) in [5.41, 5.74) is 4.51. The number of rotatable bonds is 1. The molecule has 0 N–H and O–H groups in total. The fourth-order valence-corrected chi connectivity index (χ4v) is 2.67. The van der Waals surface area contributed by atoms with E-state index in [9.17, 15) is 0 Å². The van der Waals surface area contributed by atoms with E-state index in [1.807, 2.05) is 0 Å². The first-order chi connectivity index (χ1) is 6.84. The third kappa shape index (κ3) is 1.07. The first kappa shape index (κ1) is 8.05. The van der Waals surface area contributed by atoms with Gasteiger partial charge in [-0.2, -0.15) is 0 Å². The van der Waals surface area contributed by atoms with Crippen molar-refractivity contribution in [3.63, 3.8) is 0 Å². The smallest absolute Gasteiger partial charge is 0.00324 e. The maximum atomic E-state index is 2.45. The maximum absolute atomic E-state index is 2.45. The molecule has 0 heterocycles. The van der Waals surface area contributed by atoms with Gasteiger partial charge >= 0.3 is 0 Å². The molecule has 2 unspecified atom stereocenters. The van der Waals surface area contributed by atoms with Crippen LogP contribution in [-0.2, 0) is 0 Å². The van der Waals surface area contributed by atoms with Crippen LogP contribution in [0.25, 0.3) is 5.57 Å². The molecule has 0 heteroatoms. The Morgan fingerprint density at radius 2 is 1.79 bits per heavy atom. The second-order valence-electron chi connectivity index (χ2n) is 4.35. The zero-order chi connectivity index (χ0) is 9.54. The third-order valence-electron chi connectivity index (χ3n) is 3.44. The molecule has 0 aliphatic heterocycles. The van der Waals surface area contributed by atoms with Crippen molar-refractivity contribution in [3.05, 3.63) is 53.6 Å². The van der Waals surface area contributed by atoms with Crippen LogP contribution >= 0.6 is 0 Å². The molecule has 2 atom stereocenters. The quantitative estimate of drug-likeness (QED) is 0.581. The lowest BCUT2D eigenvalue weighted by atomic mass is 9.94. The van der Waals surface area contributed by atoms with Gasteiger partial charge < -0.3 is 0 Å². The molecule has 2 bridgehead atoms. The van der Waals surface area contributed by atoms with Gasteiger partial charge in [-0.25, -0.2) is 0 Å². The van der Waals surface area contributed by atoms with E-state index in [4.69, 9.17) is 0 Å². The molecule has 0 aromatic heterocycles. The Morgan fingerprint density at radius 3 is 2.36 bits per heavy atom. The van der Waals surface area contributed by atoms with E-state index in [2.05, 4.69) is 49.4 Å². The molecule has 0 nitrogen and oxygen atoms in total. The summed E-state index contributed by atoms with van der Waals surface area (Å²) in [7, 11) is 0. The highest BCUT2D eigenvalue weighted by Crippen LogP contribution is 2.46. The Hall–Kier alpha value is -1.30. The average molecular weight is 182 g/mol. The van der Waals surface area contributed by atoms with E-state index in [-0.39, 0.29) is 0 Å². The summed E-state index contributed by atoms with van der Waals surface area (Å²) in [6, 6.07) is 10.8. The van der Waals surface area contributed by atoms with E-state index in [0.717, 1.165) is 5.92 Å². The molecular formula is C14H14. The van der Waals surface area contributed by atoms with Crippen LogP contribution in [0.3, 0.4) is 0 Å². The summed E-state index contributed by atoms with van der Waals surface area (Å²) in [6.45, 7) is 2.25. The standard InChI is InChI=1S/C14H14/c1-10-7-13-8-12(10)9-14(13)11-5-3-2-4-6-11/h2-7,9,12-13H,8H2,1H3. The predicted octanol–water partition coefficient (Wildman–Crippen LogP) is 3.67. The van der Waals surface area contributed by atoms with Crippen LogP contribution in [0, 0.1) is 11.8 Å². The Balaban J connectivity index is 1.98. The lowest BCUT2D eigenvalue weighted by molar-refractivity contribution is 0.719. The summed E-state index contributed by atoms with van der Waals surface area (Å²) in [6.07, 6.45) is 6.21. The van der Waals surface area contributed by atoms with Crippen LogP contribution in [0.1, 0.15) is 18.9 Å². The summed E-state index contributed by atoms with van der Waals surface area (Å²) >= 11 is 0. The molecule has 0 saturated carbocycles. The van der Waals surface area contributed by atoms with Gasteiger partial charge in [-0.1, -0.05) is 48.1 Å². The van der Waals surface area contributed by atoms with Crippen molar-refractivity contribution in [3.8, 4) is 0 Å². The van der Waals surface area contributed by atoms with Crippen molar-refractivity contribution < 1.29 is 0 Å². The topological polar surface area (TPSA) is 0 Å². The minimum Gasteiger partial charge on any atom is -0.0774 e. The Morgan fingerprint density at radius 1 is 1.00 bits per heavy atom. The molecule has 70 valence electrons. The van der Waals surface area contributed by atoms with E-state index in [1.54, 1.807) is 11.1 Å². The molecule has 0 spiro atoms. The van der Waals surface area contributed by atoms with Crippen molar-refractivity contribution in [1.82, 2.24) is 0 Å². The number of fused-ring (bicyclic) bond motifs is 2. The van der Waals surface area contributed by atoms with Crippen LogP contribution < -0.4 is 0 Å². The number of hydrogen-bond acceptors (Lipinski definition) is 0. The Labute approximate surface area is 85.0 Å². The summed E-state index contributed by atoms with van der Waals surface area (Å²) < 4.78 is 0. The fourth-order valence-electron chi connectivity index (χ4n) is 2.67. The molecule has 1 aromatic carbocycles. The van der Waals surface area contributed by atoms with Gasteiger partial charge in [0.15, 0.2) is 0 Å². The maximum Gasteiger partial charge on any atom is 0.00324 e. The predicted molar refractivity (Wildman–Crippen MR) is 59.8 cm³/mol. The van der Waals surface area contributed by atoms with Gasteiger partial charge in [-0.3, -0.25) is 0 Å². The molecule has 0 amide bonds. The number of benzene rings is 1. The van der Waals surface area contributed by atoms with Gasteiger partial charge in [0.25, 0.3) is 0 Å². The highest BCUT2D eigenvalue weighted by atomic mass is 14.4. The molecule has 2 aliphatic rings. The monoisotopic (exact) mass is 182 g/mol. The van der Waals surface area contributed by atoms with Gasteiger partial charge in [0.2, 0.25) is 0 Å². The molecule has 3 rings (SSSR count). The lowest BCUT2D eigenvalue weighted by Crippen LogP contribution is -1.93. The molecule has 2 aliphatic carbocycles. The minimum atomic E-state index is 0.697. The van der Waals surface area contributed by atoms with Crippen molar-refractivity contribution in [2.45, 2.75) is 13.3 Å². The van der Waals surface area contributed by atoms with E-state index in [1.165, 1.54) is 12.0 Å². The van der Waals surface area contributed by atoms with Crippen LogP contribution in [-0.4, -0.2) is 0 Å². The second-order valence-corrected chi connectivity index (χ2v) is 4.35. The van der Waals surface area contributed by atoms with Crippen LogP contribution in [0.2, 0.25) is 0 Å². The highest BCUT2D eigenvalue weighted by Gasteiger charge is 2.31. The molecule has 14 heavy (non-hydrogen) atoms. The molecule has 1 aromatic rings. The number of hydrogen-bond donors (Lipinski definition) is 0. The van der Waals surface area contributed by atoms with Gasteiger partial charge in [-0.05, 0) is 30.4 Å². The average Bonchev–Trinajstić information content (AvgIpc) is 2.77. The van der Waals surface area contributed by atoms with E-state index in [0.29, 0.717) is 5.92 Å². The molecule has 0 radical (unpaired) electrons. The SMILES string of the molecule is CC1=CC2CC1C=C2c1ccccc1. The van der Waals surface area contributed by atoms with Gasteiger partial charge in [0.1, 0.15) is 0 Å². The van der Waals surface area contributed by atoms with Crippen LogP contribution in [0.4, 0.5) is 0 Å². The van der Waals surface area contributed by atoms with E-state index < -0.39 is 0 Å². The van der Waals surface area contributed by atoms with Crippen LogP contribution in [0.15, 0.2) is 48.1 Å². The first-order valence-electron chi connectivity index (χ1n) is 5.30. The van der Waals surface area contributed by atoms with Crippen molar-refractivity contribution >= 4 is 5.57 Å². The largest absolute Gasteiger partial charge is 0.0774 e. The van der Waals surface area contributed by atoms with E-state index >= 15 is 0 Å². The number of allylic oxidation sites excluding steroid dienone is 4. The highest BCUT2D eigenvalue weighted by molar-refractivity contribution is 5.73. The Bertz CT molecular complexity index is 409. The summed E-state index contributed by atoms with van der Waals surface area (Å²) in [5, 5.41) is 0. The van der Waals surface area contributed by atoms with Crippen molar-refractivity contribution in [2.24, 2.45) is 11.8 Å². The van der Waals surface area contributed by atoms with Gasteiger partial charge in [0, 0.05) is 5.92 Å². The lowest BCUT2D eigenvalue weighted by Gasteiger charge is -2.11. The normalized spacial score (nSPS) is 28.9. The summed E-state index contributed by atoms with van der Waals surface area (Å²) in [4.78, 5) is 0. The van der Waals surface area contributed by atoms with Crippen LogP contribution in [0.5, 0.6) is 0 Å². The zero-order valence-corrected chi connectivity index (χ0v) is 8.40. The van der Waals surface area contributed by atoms with Crippen molar-refractivity contribution in [2.75, 3.05) is 0 Å². The zero-order valence-electron chi connectivity index (χ0n) is 8.40. The Kier molecular flexibility index (Phi) is 1.63. The summed E-state index contributed by atoms with van der Waals surface area (Å²) in [5.74, 6) is 1.43. The first-order valence-corrected chi connectivity index (χ1v) is 5.30. The minimum absolute atomic E-state index is 0.697. The second kappa shape index (κ2) is 2.84. The van der Waals surface area contributed by atoms with Gasteiger partial charge in [0.05, 0.1) is 0 Å². The molecule has 0 fully saturated rings. The van der Waals surface area contributed by atoms with Crippen molar-refractivity contribution in [1.29, 1.82) is 0 Å².